The standard InChI is InChI=1S/C36H42N8O2/c1-4-31-24-42(19-20-43(31)32-13-16-41(17-14-32)35(45)27-9-11-30(38-3)12-10-27)33-25(2)21-29(23-40-33)34-39-15-18-44(34)36(46)28-7-5-26(22-37)6-8-28/h5-12,21,23,31-32,38H,4,13-20,24H2,1-3H3/t31-/m0/s1. The van der Waals surface area contributed by atoms with Gasteiger partial charge in [0.25, 0.3) is 11.8 Å². The molecule has 10 nitrogen and oxygen atoms in total. The number of amidine groups is 1. The first-order valence-corrected chi connectivity index (χ1v) is 16.3. The summed E-state index contributed by atoms with van der Waals surface area (Å²) in [7, 11) is 1.88. The lowest BCUT2D eigenvalue weighted by molar-refractivity contribution is 0.0490. The molecule has 0 saturated carbocycles. The van der Waals surface area contributed by atoms with E-state index in [2.05, 4.69) is 46.1 Å². The number of pyridine rings is 1. The molecule has 3 aliphatic rings. The second-order valence-electron chi connectivity index (χ2n) is 12.3. The van der Waals surface area contributed by atoms with Gasteiger partial charge in [-0.2, -0.15) is 5.26 Å². The Morgan fingerprint density at radius 2 is 1.65 bits per heavy atom. The number of piperazine rings is 1. The zero-order valence-electron chi connectivity index (χ0n) is 26.9. The predicted molar refractivity (Wildman–Crippen MR) is 180 cm³/mol. The van der Waals surface area contributed by atoms with Crippen LogP contribution in [0.5, 0.6) is 0 Å². The average Bonchev–Trinajstić information content (AvgIpc) is 3.61. The Labute approximate surface area is 271 Å². The summed E-state index contributed by atoms with van der Waals surface area (Å²) < 4.78 is 0. The zero-order valence-corrected chi connectivity index (χ0v) is 26.9. The number of rotatable bonds is 7. The van der Waals surface area contributed by atoms with Crippen molar-refractivity contribution in [1.29, 1.82) is 5.26 Å². The minimum absolute atomic E-state index is 0.119. The van der Waals surface area contributed by atoms with E-state index in [-0.39, 0.29) is 11.8 Å². The Bertz CT molecular complexity index is 1640. The molecule has 2 aromatic carbocycles. The number of nitriles is 1. The Balaban J connectivity index is 1.07. The molecule has 3 aromatic rings. The van der Waals surface area contributed by atoms with E-state index >= 15 is 0 Å². The number of amides is 2. The van der Waals surface area contributed by atoms with E-state index in [9.17, 15) is 9.59 Å². The van der Waals surface area contributed by atoms with Crippen molar-refractivity contribution < 1.29 is 9.59 Å². The summed E-state index contributed by atoms with van der Waals surface area (Å²) >= 11 is 0. The van der Waals surface area contributed by atoms with E-state index in [0.717, 1.165) is 80.2 Å². The quantitative estimate of drug-likeness (QED) is 0.418. The summed E-state index contributed by atoms with van der Waals surface area (Å²) in [4.78, 5) is 44.8. The van der Waals surface area contributed by atoms with Gasteiger partial charge in [0, 0.05) is 87.0 Å². The van der Waals surface area contributed by atoms with E-state index in [1.807, 2.05) is 42.4 Å². The fourth-order valence-corrected chi connectivity index (χ4v) is 7.02. The van der Waals surface area contributed by atoms with Gasteiger partial charge in [-0.3, -0.25) is 24.4 Å². The van der Waals surface area contributed by atoms with Crippen LogP contribution >= 0.6 is 0 Å². The normalized spacial score (nSPS) is 19.1. The monoisotopic (exact) mass is 618 g/mol. The van der Waals surface area contributed by atoms with Gasteiger partial charge in [-0.1, -0.05) is 6.92 Å². The number of aliphatic imine (C=N–C) groups is 1. The van der Waals surface area contributed by atoms with Crippen LogP contribution in [0.15, 0.2) is 65.8 Å². The molecule has 4 heterocycles. The van der Waals surface area contributed by atoms with Crippen LogP contribution in [0, 0.1) is 18.3 Å². The van der Waals surface area contributed by atoms with Crippen LogP contribution in [0.4, 0.5) is 11.5 Å². The average molecular weight is 619 g/mol. The van der Waals surface area contributed by atoms with Crippen molar-refractivity contribution in [3.05, 3.63) is 88.6 Å². The molecule has 6 rings (SSSR count). The minimum atomic E-state index is -0.122. The summed E-state index contributed by atoms with van der Waals surface area (Å²) in [5, 5.41) is 12.2. The summed E-state index contributed by atoms with van der Waals surface area (Å²) in [5.74, 6) is 1.62. The molecule has 2 amide bonds. The van der Waals surface area contributed by atoms with Gasteiger partial charge in [0.1, 0.15) is 11.7 Å². The fourth-order valence-electron chi connectivity index (χ4n) is 7.02. The van der Waals surface area contributed by atoms with Crippen LogP contribution in [-0.2, 0) is 0 Å². The third-order valence-electron chi connectivity index (χ3n) is 9.60. The molecule has 238 valence electrons. The van der Waals surface area contributed by atoms with Crippen LogP contribution in [0.2, 0.25) is 0 Å². The van der Waals surface area contributed by atoms with Gasteiger partial charge in [0.15, 0.2) is 0 Å². The molecular weight excluding hydrogens is 576 g/mol. The Morgan fingerprint density at radius 1 is 0.957 bits per heavy atom. The van der Waals surface area contributed by atoms with Crippen molar-refractivity contribution in [3.63, 3.8) is 0 Å². The predicted octanol–water partition coefficient (Wildman–Crippen LogP) is 4.41. The Kier molecular flexibility index (Phi) is 9.31. The molecule has 3 aliphatic heterocycles. The number of carbonyl (C=O) groups excluding carboxylic acids is 2. The first kappa shape index (κ1) is 31.2. The number of aryl methyl sites for hydroxylation is 1. The summed E-state index contributed by atoms with van der Waals surface area (Å²) in [6.07, 6.45) is 4.87. The molecule has 1 aromatic heterocycles. The van der Waals surface area contributed by atoms with Crippen molar-refractivity contribution in [2.75, 3.05) is 63.1 Å². The highest BCUT2D eigenvalue weighted by Gasteiger charge is 2.35. The first-order valence-electron chi connectivity index (χ1n) is 16.3. The topological polar surface area (TPSA) is 108 Å². The zero-order chi connectivity index (χ0) is 32.2. The maximum atomic E-state index is 13.3. The maximum absolute atomic E-state index is 13.3. The number of likely N-dealkylation sites (tertiary alicyclic amines) is 1. The second-order valence-corrected chi connectivity index (χ2v) is 12.3. The van der Waals surface area contributed by atoms with Crippen molar-refractivity contribution in [2.24, 2.45) is 4.99 Å². The molecule has 46 heavy (non-hydrogen) atoms. The Morgan fingerprint density at radius 3 is 2.30 bits per heavy atom. The summed E-state index contributed by atoms with van der Waals surface area (Å²) in [6, 6.07) is 19.5. The molecule has 1 atom stereocenters. The Hall–Kier alpha value is -4.75. The van der Waals surface area contributed by atoms with Gasteiger partial charge in [0.05, 0.1) is 18.2 Å². The largest absolute Gasteiger partial charge is 0.388 e. The van der Waals surface area contributed by atoms with E-state index in [1.54, 1.807) is 29.2 Å². The van der Waals surface area contributed by atoms with E-state index in [0.29, 0.717) is 42.1 Å². The molecular formula is C36H42N8O2. The summed E-state index contributed by atoms with van der Waals surface area (Å²) in [6.45, 7) is 9.74. The number of hydrogen-bond acceptors (Lipinski definition) is 8. The highest BCUT2D eigenvalue weighted by atomic mass is 16.2. The number of anilines is 2. The van der Waals surface area contributed by atoms with Crippen molar-refractivity contribution in [3.8, 4) is 6.07 Å². The number of carbonyl (C=O) groups is 2. The van der Waals surface area contributed by atoms with Crippen LogP contribution in [0.25, 0.3) is 0 Å². The first-order chi connectivity index (χ1) is 22.4. The lowest BCUT2D eigenvalue weighted by Gasteiger charge is -2.48. The van der Waals surface area contributed by atoms with Crippen LogP contribution in [-0.4, -0.2) is 102 Å². The number of nitrogens with one attached hydrogen (secondary N) is 1. The van der Waals surface area contributed by atoms with Gasteiger partial charge in [-0.05, 0) is 86.3 Å². The maximum Gasteiger partial charge on any atom is 0.259 e. The lowest BCUT2D eigenvalue weighted by atomic mass is 9.97. The minimum Gasteiger partial charge on any atom is -0.388 e. The van der Waals surface area contributed by atoms with E-state index < -0.39 is 0 Å². The SMILES string of the molecule is CC[C@H]1CN(c2ncc(C3=NCCN3C(=O)c3ccc(C#N)cc3)cc2C)CCN1C1CCN(C(=O)c2ccc(NC)cc2)CC1. The molecule has 1 N–H and O–H groups in total. The van der Waals surface area contributed by atoms with Gasteiger partial charge >= 0.3 is 0 Å². The van der Waals surface area contributed by atoms with Crippen LogP contribution in [0.1, 0.15) is 63.6 Å². The summed E-state index contributed by atoms with van der Waals surface area (Å²) in [5.41, 5.74) is 4.72. The van der Waals surface area contributed by atoms with E-state index in [1.165, 1.54) is 0 Å². The van der Waals surface area contributed by atoms with Gasteiger partial charge in [-0.15, -0.1) is 0 Å². The fraction of sp³-hybridized carbons (Fsp3) is 0.417. The number of nitrogens with zero attached hydrogens (tertiary/aromatic N) is 7. The highest BCUT2D eigenvalue weighted by molar-refractivity contribution is 6.13. The third kappa shape index (κ3) is 6.33. The van der Waals surface area contributed by atoms with Gasteiger partial charge < -0.3 is 15.1 Å². The lowest BCUT2D eigenvalue weighted by Crippen LogP contribution is -2.58. The molecule has 2 fully saturated rings. The van der Waals surface area contributed by atoms with Crippen molar-refractivity contribution >= 4 is 29.2 Å². The van der Waals surface area contributed by atoms with Gasteiger partial charge in [-0.25, -0.2) is 4.98 Å². The van der Waals surface area contributed by atoms with Crippen molar-refractivity contribution in [2.45, 2.75) is 45.2 Å². The van der Waals surface area contributed by atoms with Crippen LogP contribution in [0.3, 0.4) is 0 Å². The van der Waals surface area contributed by atoms with E-state index in [4.69, 9.17) is 10.2 Å². The number of aromatic nitrogens is 1. The number of benzene rings is 2. The molecule has 0 bridgehead atoms. The number of piperidine rings is 1. The molecule has 0 aliphatic carbocycles. The van der Waals surface area contributed by atoms with Gasteiger partial charge in [0.2, 0.25) is 0 Å². The highest BCUT2D eigenvalue weighted by Crippen LogP contribution is 2.28. The molecule has 2 saturated heterocycles. The number of hydrogen-bond donors (Lipinski definition) is 1. The smallest absolute Gasteiger partial charge is 0.259 e. The third-order valence-corrected chi connectivity index (χ3v) is 9.60. The molecule has 10 heteroatoms. The van der Waals surface area contributed by atoms with Crippen LogP contribution < -0.4 is 10.2 Å². The second kappa shape index (κ2) is 13.7. The molecule has 0 radical (unpaired) electrons. The molecule has 0 unspecified atom stereocenters. The molecule has 0 spiro atoms. The van der Waals surface area contributed by atoms with Crippen molar-refractivity contribution in [1.82, 2.24) is 19.7 Å².